The van der Waals surface area contributed by atoms with Crippen LogP contribution in [0.2, 0.25) is 0 Å². The molecule has 0 fully saturated rings. The van der Waals surface area contributed by atoms with E-state index in [9.17, 15) is 0 Å². The van der Waals surface area contributed by atoms with Crippen molar-refractivity contribution in [3.05, 3.63) is 16.1 Å². The summed E-state index contributed by atoms with van der Waals surface area (Å²) in [7, 11) is 0. The fraction of sp³-hybridized carbons (Fsp3) is 0.727. The summed E-state index contributed by atoms with van der Waals surface area (Å²) in [6.45, 7) is 8.62. The van der Waals surface area contributed by atoms with Gasteiger partial charge in [-0.15, -0.1) is 11.3 Å². The highest BCUT2D eigenvalue weighted by molar-refractivity contribution is 7.09. The van der Waals surface area contributed by atoms with E-state index in [1.54, 1.807) is 11.3 Å². The van der Waals surface area contributed by atoms with Crippen molar-refractivity contribution in [2.45, 2.75) is 46.1 Å². The van der Waals surface area contributed by atoms with Gasteiger partial charge in [-0.3, -0.25) is 0 Å². The van der Waals surface area contributed by atoms with Crippen molar-refractivity contribution >= 4 is 11.3 Å². The van der Waals surface area contributed by atoms with Gasteiger partial charge >= 0.3 is 0 Å². The molecule has 80 valence electrons. The maximum atomic E-state index is 4.61. The van der Waals surface area contributed by atoms with E-state index in [1.807, 2.05) is 0 Å². The molecule has 1 unspecified atom stereocenters. The maximum absolute atomic E-state index is 4.61. The van der Waals surface area contributed by atoms with Crippen molar-refractivity contribution in [1.82, 2.24) is 10.3 Å². The van der Waals surface area contributed by atoms with Gasteiger partial charge in [0, 0.05) is 17.8 Å². The second-order valence-electron chi connectivity index (χ2n) is 3.66. The first-order valence-electron chi connectivity index (χ1n) is 5.42. The molecule has 0 bridgehead atoms. The molecule has 1 heterocycles. The van der Waals surface area contributed by atoms with E-state index in [4.69, 9.17) is 0 Å². The molecule has 0 aliphatic rings. The fourth-order valence-corrected chi connectivity index (χ4v) is 2.16. The zero-order chi connectivity index (χ0) is 10.4. The Kier molecular flexibility index (Phi) is 5.12. The molecule has 1 atom stereocenters. The number of aromatic nitrogens is 1. The summed E-state index contributed by atoms with van der Waals surface area (Å²) in [5, 5.41) is 6.82. The average molecular weight is 212 g/mol. The van der Waals surface area contributed by atoms with E-state index in [1.165, 1.54) is 23.5 Å². The van der Waals surface area contributed by atoms with Crippen molar-refractivity contribution in [3.8, 4) is 0 Å². The predicted molar refractivity (Wildman–Crippen MR) is 62.8 cm³/mol. The van der Waals surface area contributed by atoms with Gasteiger partial charge in [0.25, 0.3) is 0 Å². The molecule has 0 saturated carbocycles. The standard InChI is InChI=1S/C11H20N2S/c1-4-6-12-7-10-8-14-11(13-10)9(3)5-2/h8-9,12H,4-7H2,1-3H3. The lowest BCUT2D eigenvalue weighted by Crippen LogP contribution is -2.14. The van der Waals surface area contributed by atoms with Crippen molar-refractivity contribution < 1.29 is 0 Å². The van der Waals surface area contributed by atoms with Crippen LogP contribution in [0.25, 0.3) is 0 Å². The molecule has 0 radical (unpaired) electrons. The molecule has 0 amide bonds. The van der Waals surface area contributed by atoms with E-state index in [0.29, 0.717) is 5.92 Å². The quantitative estimate of drug-likeness (QED) is 0.733. The molecule has 3 heteroatoms. The van der Waals surface area contributed by atoms with E-state index >= 15 is 0 Å². The van der Waals surface area contributed by atoms with Crippen LogP contribution in [-0.2, 0) is 6.54 Å². The lowest BCUT2D eigenvalue weighted by molar-refractivity contribution is 0.659. The summed E-state index contributed by atoms with van der Waals surface area (Å²) in [6, 6.07) is 0. The van der Waals surface area contributed by atoms with Crippen molar-refractivity contribution in [2.75, 3.05) is 6.54 Å². The molecule has 0 aliphatic heterocycles. The summed E-state index contributed by atoms with van der Waals surface area (Å²) >= 11 is 1.79. The van der Waals surface area contributed by atoms with Gasteiger partial charge in [0.2, 0.25) is 0 Å². The topological polar surface area (TPSA) is 24.9 Å². The summed E-state index contributed by atoms with van der Waals surface area (Å²) < 4.78 is 0. The zero-order valence-corrected chi connectivity index (χ0v) is 10.2. The van der Waals surface area contributed by atoms with Gasteiger partial charge in [0.05, 0.1) is 10.7 Å². The molecular weight excluding hydrogens is 192 g/mol. The van der Waals surface area contributed by atoms with Crippen LogP contribution in [0, 0.1) is 0 Å². The minimum atomic E-state index is 0.611. The number of thiazole rings is 1. The molecule has 0 aromatic carbocycles. The monoisotopic (exact) mass is 212 g/mol. The third-order valence-electron chi connectivity index (χ3n) is 2.34. The van der Waals surface area contributed by atoms with E-state index in [-0.39, 0.29) is 0 Å². The minimum absolute atomic E-state index is 0.611. The van der Waals surface area contributed by atoms with Gasteiger partial charge in [0.15, 0.2) is 0 Å². The highest BCUT2D eigenvalue weighted by Crippen LogP contribution is 2.22. The fourth-order valence-electron chi connectivity index (χ4n) is 1.20. The molecule has 1 aromatic rings. The Labute approximate surface area is 90.8 Å². The Morgan fingerprint density at radius 1 is 1.50 bits per heavy atom. The third kappa shape index (κ3) is 3.39. The van der Waals surface area contributed by atoms with E-state index in [2.05, 4.69) is 36.5 Å². The predicted octanol–water partition coefficient (Wildman–Crippen LogP) is 3.16. The summed E-state index contributed by atoms with van der Waals surface area (Å²) in [6.07, 6.45) is 2.36. The Morgan fingerprint density at radius 2 is 2.29 bits per heavy atom. The molecule has 0 saturated heterocycles. The zero-order valence-electron chi connectivity index (χ0n) is 9.34. The molecule has 1 aromatic heterocycles. The van der Waals surface area contributed by atoms with Crippen LogP contribution in [-0.4, -0.2) is 11.5 Å². The highest BCUT2D eigenvalue weighted by Gasteiger charge is 2.07. The summed E-state index contributed by atoms with van der Waals surface area (Å²) in [5.41, 5.74) is 1.19. The Morgan fingerprint density at radius 3 is 2.93 bits per heavy atom. The molecule has 1 rings (SSSR count). The Hall–Kier alpha value is -0.410. The van der Waals surface area contributed by atoms with Gasteiger partial charge in [-0.25, -0.2) is 4.98 Å². The Bertz CT molecular complexity index is 258. The first-order valence-corrected chi connectivity index (χ1v) is 6.30. The van der Waals surface area contributed by atoms with Gasteiger partial charge in [-0.1, -0.05) is 20.8 Å². The molecule has 0 spiro atoms. The van der Waals surface area contributed by atoms with Gasteiger partial charge in [-0.05, 0) is 19.4 Å². The first kappa shape index (κ1) is 11.7. The maximum Gasteiger partial charge on any atom is 0.0956 e. The second kappa shape index (κ2) is 6.14. The van der Waals surface area contributed by atoms with Crippen LogP contribution >= 0.6 is 11.3 Å². The van der Waals surface area contributed by atoms with Crippen LogP contribution in [0.1, 0.15) is 50.2 Å². The largest absolute Gasteiger partial charge is 0.311 e. The smallest absolute Gasteiger partial charge is 0.0956 e. The normalized spacial score (nSPS) is 13.1. The van der Waals surface area contributed by atoms with Gasteiger partial charge < -0.3 is 5.32 Å². The summed E-state index contributed by atoms with van der Waals surface area (Å²) in [4.78, 5) is 4.61. The lowest BCUT2D eigenvalue weighted by atomic mass is 10.1. The minimum Gasteiger partial charge on any atom is -0.311 e. The highest BCUT2D eigenvalue weighted by atomic mass is 32.1. The second-order valence-corrected chi connectivity index (χ2v) is 4.55. The van der Waals surface area contributed by atoms with Crippen molar-refractivity contribution in [2.24, 2.45) is 0 Å². The Balaban J connectivity index is 2.42. The van der Waals surface area contributed by atoms with Crippen LogP contribution in [0.4, 0.5) is 0 Å². The van der Waals surface area contributed by atoms with Crippen LogP contribution in [0.5, 0.6) is 0 Å². The molecule has 14 heavy (non-hydrogen) atoms. The molecule has 0 aliphatic carbocycles. The van der Waals surface area contributed by atoms with Crippen LogP contribution in [0.15, 0.2) is 5.38 Å². The lowest BCUT2D eigenvalue weighted by Gasteiger charge is -2.02. The van der Waals surface area contributed by atoms with Gasteiger partial charge in [-0.2, -0.15) is 0 Å². The number of nitrogens with zero attached hydrogens (tertiary/aromatic N) is 1. The van der Waals surface area contributed by atoms with E-state index < -0.39 is 0 Å². The third-order valence-corrected chi connectivity index (χ3v) is 3.46. The van der Waals surface area contributed by atoms with Crippen molar-refractivity contribution in [3.63, 3.8) is 0 Å². The van der Waals surface area contributed by atoms with Crippen molar-refractivity contribution in [1.29, 1.82) is 0 Å². The number of rotatable bonds is 6. The average Bonchev–Trinajstić information content (AvgIpc) is 2.66. The summed E-state index contributed by atoms with van der Waals surface area (Å²) in [5.74, 6) is 0.611. The number of nitrogens with one attached hydrogen (secondary N) is 1. The van der Waals surface area contributed by atoms with Crippen LogP contribution in [0.3, 0.4) is 0 Å². The number of hydrogen-bond donors (Lipinski definition) is 1. The first-order chi connectivity index (χ1) is 6.77. The van der Waals surface area contributed by atoms with Crippen LogP contribution < -0.4 is 5.32 Å². The SMILES string of the molecule is CCCNCc1csc(C(C)CC)n1. The molecule has 2 nitrogen and oxygen atoms in total. The van der Waals surface area contributed by atoms with E-state index in [0.717, 1.165) is 13.1 Å². The molecular formula is C11H20N2S. The van der Waals surface area contributed by atoms with Gasteiger partial charge in [0.1, 0.15) is 0 Å². The number of hydrogen-bond acceptors (Lipinski definition) is 3. The molecule has 1 N–H and O–H groups in total.